The van der Waals surface area contributed by atoms with Gasteiger partial charge in [0.1, 0.15) is 0 Å². The maximum absolute atomic E-state index is 10.7. The van der Waals surface area contributed by atoms with E-state index in [4.69, 9.17) is 10.8 Å². The summed E-state index contributed by atoms with van der Waals surface area (Å²) in [5.74, 6) is -3.70. The van der Waals surface area contributed by atoms with Gasteiger partial charge in [-0.05, 0) is 0 Å². The summed E-state index contributed by atoms with van der Waals surface area (Å²) in [6, 6.07) is 0. The summed E-state index contributed by atoms with van der Waals surface area (Å²) in [6.07, 6.45) is 3.88. The van der Waals surface area contributed by atoms with Crippen molar-refractivity contribution in [2.24, 2.45) is 5.73 Å². The third-order valence-electron chi connectivity index (χ3n) is 1.41. The number of hydrogen-bond donors (Lipinski definition) is 2. The topological polar surface area (TPSA) is 106 Å². The maximum Gasteiger partial charge on any atom is 0.322 e. The smallest absolute Gasteiger partial charge is 0.322 e. The average molecular weight is 181 g/mol. The number of nitrogens with two attached hydrogens (primary N) is 1. The fraction of sp³-hybridized carbons (Fsp3) is 0.143. The van der Waals surface area contributed by atoms with Crippen LogP contribution in [0.4, 0.5) is 0 Å². The molecule has 1 amide bonds. The van der Waals surface area contributed by atoms with Gasteiger partial charge in [0.05, 0.1) is 5.69 Å². The summed E-state index contributed by atoms with van der Waals surface area (Å²) in [5, 5.41) is 8.63. The van der Waals surface area contributed by atoms with Gasteiger partial charge in [0.2, 0.25) is 5.91 Å². The van der Waals surface area contributed by atoms with Crippen LogP contribution in [0.15, 0.2) is 18.6 Å². The van der Waals surface area contributed by atoms with Crippen molar-refractivity contribution < 1.29 is 14.7 Å². The highest BCUT2D eigenvalue weighted by Crippen LogP contribution is 2.10. The van der Waals surface area contributed by atoms with Crippen molar-refractivity contribution in [1.29, 1.82) is 0 Å². The van der Waals surface area contributed by atoms with Gasteiger partial charge in [-0.1, -0.05) is 0 Å². The first-order valence-corrected chi connectivity index (χ1v) is 3.41. The van der Waals surface area contributed by atoms with E-state index in [0.717, 1.165) is 0 Å². The minimum atomic E-state index is -1.42. The second-order valence-electron chi connectivity index (χ2n) is 2.30. The summed E-state index contributed by atoms with van der Waals surface area (Å²) in [6.45, 7) is 0. The molecule has 1 aromatic rings. The minimum absolute atomic E-state index is 0.0440. The Balaban J connectivity index is 3.03. The largest absolute Gasteiger partial charge is 0.480 e. The molecule has 1 aromatic heterocycles. The van der Waals surface area contributed by atoms with E-state index in [9.17, 15) is 9.59 Å². The highest BCUT2D eigenvalue weighted by molar-refractivity contribution is 6.01. The van der Waals surface area contributed by atoms with Gasteiger partial charge in [0.15, 0.2) is 5.92 Å². The lowest BCUT2D eigenvalue weighted by atomic mass is 10.1. The molecule has 0 saturated carbocycles. The third-order valence-corrected chi connectivity index (χ3v) is 1.41. The quantitative estimate of drug-likeness (QED) is 0.589. The molecule has 1 rings (SSSR count). The summed E-state index contributed by atoms with van der Waals surface area (Å²) < 4.78 is 0. The number of amides is 1. The number of carboxylic acids is 1. The Hall–Kier alpha value is -1.98. The zero-order valence-electron chi connectivity index (χ0n) is 6.54. The maximum atomic E-state index is 10.7. The van der Waals surface area contributed by atoms with Gasteiger partial charge in [-0.15, -0.1) is 0 Å². The van der Waals surface area contributed by atoms with Crippen LogP contribution in [-0.4, -0.2) is 27.0 Å². The predicted molar refractivity (Wildman–Crippen MR) is 41.6 cm³/mol. The normalized spacial score (nSPS) is 12.0. The van der Waals surface area contributed by atoms with Crippen LogP contribution in [0.25, 0.3) is 0 Å². The van der Waals surface area contributed by atoms with Crippen molar-refractivity contribution in [3.63, 3.8) is 0 Å². The Morgan fingerprint density at radius 1 is 1.46 bits per heavy atom. The summed E-state index contributed by atoms with van der Waals surface area (Å²) in [7, 11) is 0. The van der Waals surface area contributed by atoms with E-state index in [2.05, 4.69) is 9.97 Å². The SMILES string of the molecule is NC(=O)C(C(=O)O)c1cnccn1. The molecule has 1 atom stereocenters. The van der Waals surface area contributed by atoms with Crippen LogP contribution in [0.2, 0.25) is 0 Å². The van der Waals surface area contributed by atoms with E-state index in [1.54, 1.807) is 0 Å². The second-order valence-corrected chi connectivity index (χ2v) is 2.30. The fourth-order valence-electron chi connectivity index (χ4n) is 0.854. The Morgan fingerprint density at radius 3 is 2.54 bits per heavy atom. The van der Waals surface area contributed by atoms with E-state index >= 15 is 0 Å². The number of carbonyl (C=O) groups excluding carboxylic acids is 1. The van der Waals surface area contributed by atoms with Crippen molar-refractivity contribution in [3.05, 3.63) is 24.3 Å². The van der Waals surface area contributed by atoms with Crippen molar-refractivity contribution in [3.8, 4) is 0 Å². The first-order valence-electron chi connectivity index (χ1n) is 3.41. The molecule has 0 bridgehead atoms. The molecule has 0 saturated heterocycles. The Kier molecular flexibility index (Phi) is 2.53. The van der Waals surface area contributed by atoms with Gasteiger partial charge in [-0.3, -0.25) is 19.6 Å². The number of aliphatic carboxylic acids is 1. The molecule has 6 heteroatoms. The summed E-state index contributed by atoms with van der Waals surface area (Å²) >= 11 is 0. The lowest BCUT2D eigenvalue weighted by Gasteiger charge is -2.05. The van der Waals surface area contributed by atoms with E-state index in [1.807, 2.05) is 0 Å². The number of aromatic nitrogens is 2. The molecule has 0 radical (unpaired) electrons. The van der Waals surface area contributed by atoms with Crippen LogP contribution in [-0.2, 0) is 9.59 Å². The molecule has 6 nitrogen and oxygen atoms in total. The number of carbonyl (C=O) groups is 2. The zero-order valence-corrected chi connectivity index (χ0v) is 6.54. The number of nitrogens with zero attached hydrogens (tertiary/aromatic N) is 2. The molecule has 0 aliphatic rings. The van der Waals surface area contributed by atoms with Gasteiger partial charge in [-0.25, -0.2) is 0 Å². The van der Waals surface area contributed by atoms with Crippen molar-refractivity contribution in [2.45, 2.75) is 5.92 Å². The molecule has 0 aliphatic carbocycles. The monoisotopic (exact) mass is 181 g/mol. The Labute approximate surface area is 73.4 Å². The summed E-state index contributed by atoms with van der Waals surface area (Å²) in [5.41, 5.74) is 4.93. The van der Waals surface area contributed by atoms with Gasteiger partial charge < -0.3 is 10.8 Å². The summed E-state index contributed by atoms with van der Waals surface area (Å²) in [4.78, 5) is 28.6. The van der Waals surface area contributed by atoms with Crippen LogP contribution in [0, 0.1) is 0 Å². The van der Waals surface area contributed by atoms with Crippen LogP contribution in [0.3, 0.4) is 0 Å². The van der Waals surface area contributed by atoms with Gasteiger partial charge in [0, 0.05) is 18.6 Å². The Bertz CT molecular complexity index is 311. The minimum Gasteiger partial charge on any atom is -0.480 e. The molecule has 0 aliphatic heterocycles. The molecule has 3 N–H and O–H groups in total. The van der Waals surface area contributed by atoms with E-state index < -0.39 is 17.8 Å². The molecule has 13 heavy (non-hydrogen) atoms. The highest BCUT2D eigenvalue weighted by Gasteiger charge is 2.27. The second kappa shape index (κ2) is 3.61. The number of rotatable bonds is 3. The average Bonchev–Trinajstić information content (AvgIpc) is 2.04. The third kappa shape index (κ3) is 1.98. The number of primary amides is 1. The highest BCUT2D eigenvalue weighted by atomic mass is 16.4. The van der Waals surface area contributed by atoms with Crippen LogP contribution in [0.5, 0.6) is 0 Å². The Morgan fingerprint density at radius 2 is 2.15 bits per heavy atom. The van der Waals surface area contributed by atoms with Gasteiger partial charge in [-0.2, -0.15) is 0 Å². The molecular weight excluding hydrogens is 174 g/mol. The first kappa shape index (κ1) is 9.11. The van der Waals surface area contributed by atoms with E-state index in [-0.39, 0.29) is 5.69 Å². The molecule has 1 heterocycles. The number of carboxylic acid groups (broad SMARTS) is 1. The molecule has 0 fully saturated rings. The fourth-order valence-corrected chi connectivity index (χ4v) is 0.854. The molecular formula is C7H7N3O3. The van der Waals surface area contributed by atoms with Crippen molar-refractivity contribution >= 4 is 11.9 Å². The van der Waals surface area contributed by atoms with Crippen LogP contribution in [0.1, 0.15) is 11.6 Å². The van der Waals surface area contributed by atoms with Crippen molar-refractivity contribution in [1.82, 2.24) is 9.97 Å². The molecule has 0 aromatic carbocycles. The van der Waals surface area contributed by atoms with E-state index in [1.165, 1.54) is 18.6 Å². The number of hydrogen-bond acceptors (Lipinski definition) is 4. The molecule has 68 valence electrons. The van der Waals surface area contributed by atoms with Gasteiger partial charge in [0.25, 0.3) is 0 Å². The lowest BCUT2D eigenvalue weighted by molar-refractivity contribution is -0.142. The van der Waals surface area contributed by atoms with Crippen LogP contribution >= 0.6 is 0 Å². The van der Waals surface area contributed by atoms with Crippen molar-refractivity contribution in [2.75, 3.05) is 0 Å². The lowest BCUT2D eigenvalue weighted by Crippen LogP contribution is -2.28. The van der Waals surface area contributed by atoms with Gasteiger partial charge >= 0.3 is 5.97 Å². The zero-order chi connectivity index (χ0) is 9.84. The standard InChI is InChI=1S/C7H7N3O3/c8-6(11)5(7(12)13)4-3-9-1-2-10-4/h1-3,5H,(H2,8,11)(H,12,13). The van der Waals surface area contributed by atoms with Crippen LogP contribution < -0.4 is 5.73 Å². The van der Waals surface area contributed by atoms with E-state index in [0.29, 0.717) is 0 Å². The molecule has 0 spiro atoms. The molecule has 1 unspecified atom stereocenters. The predicted octanol–water partition coefficient (Wildman–Crippen LogP) is -0.870. The first-order chi connectivity index (χ1) is 6.13.